The van der Waals surface area contributed by atoms with Gasteiger partial charge < -0.3 is 0 Å². The van der Waals surface area contributed by atoms with Crippen LogP contribution in [-0.4, -0.2) is 5.78 Å². The van der Waals surface area contributed by atoms with Gasteiger partial charge in [-0.15, -0.1) is 0 Å². The quantitative estimate of drug-likeness (QED) is 0.784. The molecule has 0 aliphatic heterocycles. The molecule has 0 saturated carbocycles. The first kappa shape index (κ1) is 11.7. The molecule has 3 nitrogen and oxygen atoms in total. The molecule has 0 heterocycles. The Labute approximate surface area is 100 Å². The molecule has 74 valence electrons. The zero-order chi connectivity index (χ0) is 11.4. The topological polar surface area (TPSA) is 64.7 Å². The van der Waals surface area contributed by atoms with E-state index in [1.54, 1.807) is 18.2 Å². The van der Waals surface area contributed by atoms with Gasteiger partial charge in [0.25, 0.3) is 0 Å². The van der Waals surface area contributed by atoms with Gasteiger partial charge in [-0.25, -0.2) is 0 Å². The third kappa shape index (κ3) is 2.79. The second-order valence-corrected chi connectivity index (χ2v) is 4.07. The Balaban J connectivity index is 3.14. The molecule has 0 amide bonds. The molecule has 5 heteroatoms. The van der Waals surface area contributed by atoms with Crippen LogP contribution in [0.25, 0.3) is 0 Å². The van der Waals surface area contributed by atoms with Crippen molar-refractivity contribution < 1.29 is 4.79 Å². The third-order valence-corrected chi connectivity index (χ3v) is 2.34. The number of rotatable bonds is 2. The normalized spacial score (nSPS) is 9.40. The number of nitriles is 2. The Hall–Kier alpha value is -1.36. The van der Waals surface area contributed by atoms with Gasteiger partial charge in [0, 0.05) is 15.1 Å². The van der Waals surface area contributed by atoms with Crippen LogP contribution in [0.4, 0.5) is 0 Å². The van der Waals surface area contributed by atoms with E-state index < -0.39 is 11.7 Å². The van der Waals surface area contributed by atoms with Crippen molar-refractivity contribution in [3.63, 3.8) is 0 Å². The van der Waals surface area contributed by atoms with Crippen molar-refractivity contribution in [1.29, 1.82) is 10.5 Å². The molecule has 0 aromatic heterocycles. The van der Waals surface area contributed by atoms with Crippen molar-refractivity contribution in [2.75, 3.05) is 0 Å². The summed E-state index contributed by atoms with van der Waals surface area (Å²) < 4.78 is 0.632. The fourth-order valence-corrected chi connectivity index (χ4v) is 1.87. The summed E-state index contributed by atoms with van der Waals surface area (Å²) in [6, 6.07) is 7.81. The molecule has 15 heavy (non-hydrogen) atoms. The van der Waals surface area contributed by atoms with E-state index in [-0.39, 0.29) is 5.56 Å². The maximum atomic E-state index is 11.6. The number of benzene rings is 1. The highest BCUT2D eigenvalue weighted by Crippen LogP contribution is 2.21. The van der Waals surface area contributed by atoms with Crippen LogP contribution in [0.1, 0.15) is 10.4 Å². The Morgan fingerprint density at radius 1 is 1.33 bits per heavy atom. The molecule has 0 radical (unpaired) electrons. The van der Waals surface area contributed by atoms with Crippen LogP contribution in [0.3, 0.4) is 0 Å². The van der Waals surface area contributed by atoms with Gasteiger partial charge in [0.2, 0.25) is 0 Å². The van der Waals surface area contributed by atoms with Gasteiger partial charge in [0.05, 0.1) is 12.1 Å². The minimum atomic E-state index is -1.28. The number of Topliss-reactive ketones (excluding diaryl/α,β-unsaturated/α-hetero) is 1. The van der Waals surface area contributed by atoms with Crippen LogP contribution < -0.4 is 0 Å². The van der Waals surface area contributed by atoms with Crippen molar-refractivity contribution in [3.8, 4) is 12.1 Å². The van der Waals surface area contributed by atoms with Crippen LogP contribution in [-0.2, 0) is 0 Å². The maximum absolute atomic E-state index is 11.6. The Bertz CT molecular complexity index is 453. The van der Waals surface area contributed by atoms with Gasteiger partial charge >= 0.3 is 0 Å². The molecule has 0 aliphatic rings. The van der Waals surface area contributed by atoms with Crippen LogP contribution >= 0.6 is 27.5 Å². The monoisotopic (exact) mass is 282 g/mol. The first-order chi connectivity index (χ1) is 7.08. The predicted molar refractivity (Wildman–Crippen MR) is 58.2 cm³/mol. The van der Waals surface area contributed by atoms with Gasteiger partial charge in [-0.2, -0.15) is 10.5 Å². The summed E-state index contributed by atoms with van der Waals surface area (Å²) in [4.78, 5) is 11.6. The lowest BCUT2D eigenvalue weighted by molar-refractivity contribution is 0.0971. The van der Waals surface area contributed by atoms with Crippen molar-refractivity contribution in [3.05, 3.63) is 33.3 Å². The van der Waals surface area contributed by atoms with E-state index in [0.717, 1.165) is 0 Å². The van der Waals surface area contributed by atoms with Crippen molar-refractivity contribution >= 4 is 33.3 Å². The van der Waals surface area contributed by atoms with Crippen LogP contribution in [0.2, 0.25) is 5.02 Å². The highest BCUT2D eigenvalue weighted by Gasteiger charge is 2.19. The van der Waals surface area contributed by atoms with Gasteiger partial charge in [0.15, 0.2) is 11.7 Å². The lowest BCUT2D eigenvalue weighted by atomic mass is 10.0. The molecule has 0 atom stereocenters. The van der Waals surface area contributed by atoms with E-state index in [9.17, 15) is 4.79 Å². The molecule has 0 aliphatic carbocycles. The Morgan fingerprint density at radius 2 is 1.93 bits per heavy atom. The SMILES string of the molecule is N#CC(C#N)C(=O)c1cc(Cl)cc(Br)c1. The predicted octanol–water partition coefficient (Wildman–Crippen LogP) is 2.95. The van der Waals surface area contributed by atoms with E-state index >= 15 is 0 Å². The van der Waals surface area contributed by atoms with Crippen molar-refractivity contribution in [2.45, 2.75) is 0 Å². The molecule has 0 N–H and O–H groups in total. The Morgan fingerprint density at radius 3 is 2.40 bits per heavy atom. The van der Waals surface area contributed by atoms with E-state index in [2.05, 4.69) is 15.9 Å². The third-order valence-electron chi connectivity index (χ3n) is 1.67. The number of nitrogens with zero attached hydrogens (tertiary/aromatic N) is 2. The second kappa shape index (κ2) is 4.93. The Kier molecular flexibility index (Phi) is 3.85. The van der Waals surface area contributed by atoms with E-state index in [4.69, 9.17) is 22.1 Å². The standard InChI is InChI=1S/C10H4BrClN2O/c11-8-1-6(2-9(12)3-8)10(15)7(4-13)5-14/h1-3,7H. The number of carbonyl (C=O) groups excluding carboxylic acids is 1. The molecule has 0 saturated heterocycles. The fraction of sp³-hybridized carbons (Fsp3) is 0.100. The lowest BCUT2D eigenvalue weighted by Gasteiger charge is -2.02. The number of hydrogen-bond acceptors (Lipinski definition) is 3. The maximum Gasteiger partial charge on any atom is 0.195 e. The molecule has 1 rings (SSSR count). The molecule has 1 aromatic rings. The number of halogens is 2. The first-order valence-corrected chi connectivity index (χ1v) is 5.05. The minimum absolute atomic E-state index is 0.252. The lowest BCUT2D eigenvalue weighted by Crippen LogP contribution is -2.10. The number of ketones is 1. The molecule has 1 aromatic carbocycles. The fourth-order valence-electron chi connectivity index (χ4n) is 1.01. The molecule has 0 bridgehead atoms. The summed E-state index contributed by atoms with van der Waals surface area (Å²) in [5.41, 5.74) is 0.252. The average molecular weight is 284 g/mol. The largest absolute Gasteiger partial charge is 0.291 e. The van der Waals surface area contributed by atoms with Gasteiger partial charge in [-0.3, -0.25) is 4.79 Å². The molecule has 0 spiro atoms. The average Bonchev–Trinajstić information content (AvgIpc) is 2.18. The van der Waals surface area contributed by atoms with Crippen LogP contribution in [0.5, 0.6) is 0 Å². The van der Waals surface area contributed by atoms with Crippen molar-refractivity contribution in [1.82, 2.24) is 0 Å². The first-order valence-electron chi connectivity index (χ1n) is 3.88. The van der Waals surface area contributed by atoms with Gasteiger partial charge in [-0.1, -0.05) is 27.5 Å². The zero-order valence-corrected chi connectivity index (χ0v) is 9.71. The van der Waals surface area contributed by atoms with E-state index in [1.165, 1.54) is 12.1 Å². The highest BCUT2D eigenvalue weighted by atomic mass is 79.9. The minimum Gasteiger partial charge on any atom is -0.291 e. The number of hydrogen-bond donors (Lipinski definition) is 0. The van der Waals surface area contributed by atoms with Gasteiger partial charge in [-0.05, 0) is 18.2 Å². The van der Waals surface area contributed by atoms with Crippen LogP contribution in [0.15, 0.2) is 22.7 Å². The second-order valence-electron chi connectivity index (χ2n) is 2.71. The molecular formula is C10H4BrClN2O. The van der Waals surface area contributed by atoms with E-state index in [1.807, 2.05) is 0 Å². The summed E-state index contributed by atoms with van der Waals surface area (Å²) in [5, 5.41) is 17.5. The van der Waals surface area contributed by atoms with Crippen molar-refractivity contribution in [2.24, 2.45) is 5.92 Å². The van der Waals surface area contributed by atoms with Crippen LogP contribution in [0, 0.1) is 28.6 Å². The highest BCUT2D eigenvalue weighted by molar-refractivity contribution is 9.10. The molecule has 0 fully saturated rings. The number of carbonyl (C=O) groups is 1. The van der Waals surface area contributed by atoms with Gasteiger partial charge in [0.1, 0.15) is 0 Å². The summed E-state index contributed by atoms with van der Waals surface area (Å²) in [7, 11) is 0. The smallest absolute Gasteiger partial charge is 0.195 e. The molecule has 0 unspecified atom stereocenters. The zero-order valence-electron chi connectivity index (χ0n) is 7.37. The molecular weight excluding hydrogens is 279 g/mol. The summed E-state index contributed by atoms with van der Waals surface area (Å²) in [6.07, 6.45) is 0. The summed E-state index contributed by atoms with van der Waals surface area (Å²) >= 11 is 8.91. The summed E-state index contributed by atoms with van der Waals surface area (Å²) in [6.45, 7) is 0. The summed E-state index contributed by atoms with van der Waals surface area (Å²) in [5.74, 6) is -1.82. The van der Waals surface area contributed by atoms with E-state index in [0.29, 0.717) is 9.50 Å².